The first kappa shape index (κ1) is 23.0. The lowest BCUT2D eigenvalue weighted by Gasteiger charge is -2.22. The number of Topliss-reactive ketones (excluding diaryl/α,β-unsaturated/α-hetero) is 1. The maximum absolute atomic E-state index is 13.6. The molecule has 2 aromatic carbocycles. The topological polar surface area (TPSA) is 78.1 Å². The standard InChI is InChI=1S/C29H30N4O2/c1-20-13-29(35)32-26-8-6-21(14-24(20)26)16-28(34)25-15-22(7-9-27(25)33-11-2-3-12-33)17-31-19-23-5-4-10-30-18-23/h4-10,13-15,18,31H,2-3,11-12,16-17,19H2,1H3,(H,32,35). The zero-order valence-electron chi connectivity index (χ0n) is 20.0. The van der Waals surface area contributed by atoms with Gasteiger partial charge in [0.2, 0.25) is 5.56 Å². The smallest absolute Gasteiger partial charge is 0.248 e. The van der Waals surface area contributed by atoms with Gasteiger partial charge in [0, 0.05) is 73.2 Å². The molecule has 5 rings (SSSR count). The molecule has 3 heterocycles. The second-order valence-electron chi connectivity index (χ2n) is 9.31. The molecule has 1 aliphatic rings. The van der Waals surface area contributed by atoms with E-state index in [2.05, 4.69) is 38.4 Å². The van der Waals surface area contributed by atoms with E-state index in [1.165, 1.54) is 0 Å². The number of aryl methyl sites for hydroxylation is 1. The molecule has 0 radical (unpaired) electrons. The lowest BCUT2D eigenvalue weighted by Crippen LogP contribution is -2.22. The molecular weight excluding hydrogens is 436 g/mol. The van der Waals surface area contributed by atoms with Crippen LogP contribution in [-0.2, 0) is 19.5 Å². The van der Waals surface area contributed by atoms with Gasteiger partial charge in [0.05, 0.1) is 0 Å². The number of aromatic amines is 1. The molecule has 1 saturated heterocycles. The molecule has 0 saturated carbocycles. The first-order valence-corrected chi connectivity index (χ1v) is 12.2. The Labute approximate surface area is 205 Å². The predicted molar refractivity (Wildman–Crippen MR) is 140 cm³/mol. The van der Waals surface area contributed by atoms with Crippen LogP contribution in [0.3, 0.4) is 0 Å². The van der Waals surface area contributed by atoms with Crippen molar-refractivity contribution in [1.29, 1.82) is 0 Å². The molecule has 178 valence electrons. The molecule has 4 aromatic rings. The second kappa shape index (κ2) is 10.2. The minimum absolute atomic E-state index is 0.108. The van der Waals surface area contributed by atoms with Crippen molar-refractivity contribution in [2.45, 2.75) is 39.3 Å². The zero-order chi connectivity index (χ0) is 24.2. The number of ketones is 1. The van der Waals surface area contributed by atoms with Crippen LogP contribution < -0.4 is 15.8 Å². The van der Waals surface area contributed by atoms with Crippen LogP contribution in [0.2, 0.25) is 0 Å². The molecule has 0 bridgehead atoms. The number of rotatable bonds is 8. The lowest BCUT2D eigenvalue weighted by molar-refractivity contribution is 0.0993. The number of carbonyl (C=O) groups is 1. The van der Waals surface area contributed by atoms with E-state index in [0.29, 0.717) is 13.0 Å². The van der Waals surface area contributed by atoms with E-state index in [1.807, 2.05) is 43.5 Å². The summed E-state index contributed by atoms with van der Waals surface area (Å²) in [4.78, 5) is 34.7. The summed E-state index contributed by atoms with van der Waals surface area (Å²) in [6.07, 6.45) is 6.27. The monoisotopic (exact) mass is 466 g/mol. The van der Waals surface area contributed by atoms with Gasteiger partial charge in [0.1, 0.15) is 0 Å². The summed E-state index contributed by atoms with van der Waals surface area (Å²) in [6.45, 7) is 5.31. The number of aromatic nitrogens is 2. The fourth-order valence-electron chi connectivity index (χ4n) is 4.86. The highest BCUT2D eigenvalue weighted by Gasteiger charge is 2.20. The molecule has 0 aliphatic carbocycles. The highest BCUT2D eigenvalue weighted by atomic mass is 16.1. The Balaban J connectivity index is 1.38. The van der Waals surface area contributed by atoms with Crippen molar-refractivity contribution in [2.24, 2.45) is 0 Å². The van der Waals surface area contributed by atoms with E-state index in [9.17, 15) is 9.59 Å². The number of carbonyl (C=O) groups excluding carboxylic acids is 1. The Bertz CT molecular complexity index is 1410. The summed E-state index contributed by atoms with van der Waals surface area (Å²) < 4.78 is 0. The van der Waals surface area contributed by atoms with Gasteiger partial charge >= 0.3 is 0 Å². The first-order chi connectivity index (χ1) is 17.1. The van der Waals surface area contributed by atoms with Gasteiger partial charge < -0.3 is 15.2 Å². The van der Waals surface area contributed by atoms with E-state index >= 15 is 0 Å². The average Bonchev–Trinajstić information content (AvgIpc) is 3.40. The van der Waals surface area contributed by atoms with E-state index in [4.69, 9.17) is 0 Å². The van der Waals surface area contributed by atoms with Crippen LogP contribution in [0.15, 0.2) is 71.8 Å². The van der Waals surface area contributed by atoms with Gasteiger partial charge in [0.15, 0.2) is 5.78 Å². The Morgan fingerprint density at radius 2 is 1.80 bits per heavy atom. The molecule has 0 unspecified atom stereocenters. The van der Waals surface area contributed by atoms with E-state index in [0.717, 1.165) is 76.9 Å². The van der Waals surface area contributed by atoms with Crippen molar-refractivity contribution >= 4 is 22.4 Å². The Morgan fingerprint density at radius 3 is 2.60 bits per heavy atom. The highest BCUT2D eigenvalue weighted by Crippen LogP contribution is 2.28. The van der Waals surface area contributed by atoms with Gasteiger partial charge in [-0.25, -0.2) is 0 Å². The van der Waals surface area contributed by atoms with Crippen molar-refractivity contribution in [3.63, 3.8) is 0 Å². The SMILES string of the molecule is Cc1cc(=O)[nH]c2ccc(CC(=O)c3cc(CNCc4cccnc4)ccc3N3CCCC3)cc12. The quantitative estimate of drug-likeness (QED) is 0.373. The molecule has 2 N–H and O–H groups in total. The van der Waals surface area contributed by atoms with Gasteiger partial charge in [-0.2, -0.15) is 0 Å². The van der Waals surface area contributed by atoms with Crippen molar-refractivity contribution in [2.75, 3.05) is 18.0 Å². The summed E-state index contributed by atoms with van der Waals surface area (Å²) in [6, 6.07) is 17.7. The molecule has 1 fully saturated rings. The summed E-state index contributed by atoms with van der Waals surface area (Å²) in [7, 11) is 0. The van der Waals surface area contributed by atoms with Crippen molar-refractivity contribution in [3.8, 4) is 0 Å². The molecule has 2 aromatic heterocycles. The number of fused-ring (bicyclic) bond motifs is 1. The third-order valence-electron chi connectivity index (χ3n) is 6.67. The van der Waals surface area contributed by atoms with E-state index in [1.54, 1.807) is 12.3 Å². The van der Waals surface area contributed by atoms with Crippen LogP contribution >= 0.6 is 0 Å². The number of nitrogens with one attached hydrogen (secondary N) is 2. The van der Waals surface area contributed by atoms with E-state index in [-0.39, 0.29) is 11.3 Å². The molecular formula is C29H30N4O2. The minimum atomic E-state index is -0.108. The van der Waals surface area contributed by atoms with Crippen LogP contribution in [0.1, 0.15) is 45.5 Å². The van der Waals surface area contributed by atoms with Gasteiger partial charge in [-0.05, 0) is 72.4 Å². The van der Waals surface area contributed by atoms with Gasteiger partial charge in [-0.3, -0.25) is 14.6 Å². The van der Waals surface area contributed by atoms with Crippen molar-refractivity contribution < 1.29 is 4.79 Å². The number of benzene rings is 2. The maximum atomic E-state index is 13.6. The molecule has 0 spiro atoms. The number of hydrogen-bond donors (Lipinski definition) is 2. The lowest BCUT2D eigenvalue weighted by atomic mass is 9.97. The predicted octanol–water partition coefficient (Wildman–Crippen LogP) is 4.55. The Kier molecular flexibility index (Phi) is 6.73. The summed E-state index contributed by atoms with van der Waals surface area (Å²) in [5.74, 6) is 0.113. The minimum Gasteiger partial charge on any atom is -0.371 e. The fraction of sp³-hybridized carbons (Fsp3) is 0.276. The zero-order valence-corrected chi connectivity index (χ0v) is 20.0. The average molecular weight is 467 g/mol. The number of hydrogen-bond acceptors (Lipinski definition) is 5. The third-order valence-corrected chi connectivity index (χ3v) is 6.67. The Morgan fingerprint density at radius 1 is 1.00 bits per heavy atom. The molecule has 6 heteroatoms. The van der Waals surface area contributed by atoms with Crippen LogP contribution in [0, 0.1) is 6.92 Å². The van der Waals surface area contributed by atoms with E-state index < -0.39 is 0 Å². The summed E-state index contributed by atoms with van der Waals surface area (Å²) in [5, 5.41) is 4.43. The molecule has 0 amide bonds. The van der Waals surface area contributed by atoms with Crippen molar-refractivity contribution in [1.82, 2.24) is 15.3 Å². The second-order valence-corrected chi connectivity index (χ2v) is 9.31. The fourth-order valence-corrected chi connectivity index (χ4v) is 4.86. The van der Waals surface area contributed by atoms with Crippen molar-refractivity contribution in [3.05, 3.63) is 105 Å². The number of anilines is 1. The maximum Gasteiger partial charge on any atom is 0.248 e. The number of nitrogens with zero attached hydrogens (tertiary/aromatic N) is 2. The number of H-pyrrole nitrogens is 1. The van der Waals surface area contributed by atoms with Gasteiger partial charge in [0.25, 0.3) is 0 Å². The molecule has 1 aliphatic heterocycles. The molecule has 0 atom stereocenters. The van der Waals surface area contributed by atoms with Crippen LogP contribution in [0.4, 0.5) is 5.69 Å². The van der Waals surface area contributed by atoms with Gasteiger partial charge in [-0.1, -0.05) is 18.2 Å². The number of pyridine rings is 2. The summed E-state index contributed by atoms with van der Waals surface area (Å²) >= 11 is 0. The van der Waals surface area contributed by atoms with Crippen LogP contribution in [0.5, 0.6) is 0 Å². The third kappa shape index (κ3) is 5.33. The largest absolute Gasteiger partial charge is 0.371 e. The van der Waals surface area contributed by atoms with Crippen LogP contribution in [0.25, 0.3) is 10.9 Å². The Hall–Kier alpha value is -3.77. The molecule has 35 heavy (non-hydrogen) atoms. The highest BCUT2D eigenvalue weighted by molar-refractivity contribution is 6.03. The van der Waals surface area contributed by atoms with Crippen LogP contribution in [-0.4, -0.2) is 28.8 Å². The first-order valence-electron chi connectivity index (χ1n) is 12.2. The van der Waals surface area contributed by atoms with Gasteiger partial charge in [-0.15, -0.1) is 0 Å². The molecule has 6 nitrogen and oxygen atoms in total. The summed E-state index contributed by atoms with van der Waals surface area (Å²) in [5.41, 5.74) is 6.59. The normalized spacial score (nSPS) is 13.5.